The van der Waals surface area contributed by atoms with E-state index in [4.69, 9.17) is 0 Å². The van der Waals surface area contributed by atoms with E-state index in [0.717, 1.165) is 11.3 Å². The summed E-state index contributed by atoms with van der Waals surface area (Å²) in [4.78, 5) is 17.5. The van der Waals surface area contributed by atoms with Crippen molar-refractivity contribution in [3.8, 4) is 11.3 Å². The first kappa shape index (κ1) is 11.6. The minimum atomic E-state index is 0.153. The first-order valence-corrected chi connectivity index (χ1v) is 5.62. The lowest BCUT2D eigenvalue weighted by atomic mass is 9.86. The van der Waals surface area contributed by atoms with Crippen LogP contribution in [0.4, 0.5) is 0 Å². The summed E-state index contributed by atoms with van der Waals surface area (Å²) < 4.78 is 0. The van der Waals surface area contributed by atoms with Crippen LogP contribution >= 0.6 is 0 Å². The molecule has 0 aliphatic carbocycles. The van der Waals surface area contributed by atoms with Gasteiger partial charge < -0.3 is 4.98 Å². The molecule has 1 N–H and O–H groups in total. The smallest absolute Gasteiger partial charge is 0.185 e. The molecule has 0 spiro atoms. The second-order valence-electron chi connectivity index (χ2n) is 5.13. The standard InChI is InChI=1S/C14H16N2O/c1-14(2,3)11-6-4-10(5-7-11)12-8-15-13(9-17)16-12/h4-9H,1-3H3,(H,15,16). The summed E-state index contributed by atoms with van der Waals surface area (Å²) in [7, 11) is 0. The maximum atomic E-state index is 10.5. The zero-order chi connectivity index (χ0) is 12.5. The molecule has 3 heteroatoms. The van der Waals surface area contributed by atoms with Crippen molar-refractivity contribution < 1.29 is 4.79 Å². The molecule has 88 valence electrons. The van der Waals surface area contributed by atoms with Crippen molar-refractivity contribution in [1.29, 1.82) is 0 Å². The fourth-order valence-electron chi connectivity index (χ4n) is 1.69. The molecule has 1 heterocycles. The summed E-state index contributed by atoms with van der Waals surface area (Å²) in [6.45, 7) is 6.55. The van der Waals surface area contributed by atoms with Crippen LogP contribution in [0, 0.1) is 0 Å². The lowest BCUT2D eigenvalue weighted by Gasteiger charge is -2.18. The lowest BCUT2D eigenvalue weighted by Crippen LogP contribution is -2.10. The zero-order valence-corrected chi connectivity index (χ0v) is 10.3. The van der Waals surface area contributed by atoms with Crippen LogP contribution in [0.1, 0.15) is 37.0 Å². The number of hydrogen-bond donors (Lipinski definition) is 1. The minimum Gasteiger partial charge on any atom is -0.336 e. The van der Waals surface area contributed by atoms with Crippen LogP contribution in [-0.2, 0) is 5.41 Å². The van der Waals surface area contributed by atoms with E-state index in [1.165, 1.54) is 5.56 Å². The highest BCUT2D eigenvalue weighted by Crippen LogP contribution is 2.25. The summed E-state index contributed by atoms with van der Waals surface area (Å²) >= 11 is 0. The molecule has 0 saturated carbocycles. The van der Waals surface area contributed by atoms with Gasteiger partial charge in [-0.15, -0.1) is 0 Å². The van der Waals surface area contributed by atoms with Crippen molar-refractivity contribution in [3.05, 3.63) is 41.9 Å². The number of nitrogens with one attached hydrogen (secondary N) is 1. The van der Waals surface area contributed by atoms with Gasteiger partial charge in [-0.25, -0.2) is 4.98 Å². The van der Waals surface area contributed by atoms with Gasteiger partial charge in [-0.05, 0) is 16.5 Å². The number of nitrogens with zero attached hydrogens (tertiary/aromatic N) is 1. The van der Waals surface area contributed by atoms with Gasteiger partial charge in [0.05, 0.1) is 11.9 Å². The number of H-pyrrole nitrogens is 1. The van der Waals surface area contributed by atoms with Gasteiger partial charge in [0.25, 0.3) is 0 Å². The normalized spacial score (nSPS) is 11.5. The Hall–Kier alpha value is -1.90. The molecular weight excluding hydrogens is 212 g/mol. The van der Waals surface area contributed by atoms with Gasteiger partial charge in [-0.1, -0.05) is 45.0 Å². The van der Waals surface area contributed by atoms with Crippen LogP contribution in [0.15, 0.2) is 30.5 Å². The summed E-state index contributed by atoms with van der Waals surface area (Å²) in [6, 6.07) is 8.30. The molecule has 0 fully saturated rings. The van der Waals surface area contributed by atoms with Crippen LogP contribution in [0.3, 0.4) is 0 Å². The molecule has 0 amide bonds. The van der Waals surface area contributed by atoms with Gasteiger partial charge in [-0.2, -0.15) is 0 Å². The Bertz CT molecular complexity index is 518. The number of aromatic amines is 1. The molecular formula is C14H16N2O. The molecule has 0 aliphatic heterocycles. The van der Waals surface area contributed by atoms with E-state index >= 15 is 0 Å². The van der Waals surface area contributed by atoms with Crippen molar-refractivity contribution in [3.63, 3.8) is 0 Å². The molecule has 0 aliphatic rings. The second kappa shape index (κ2) is 4.17. The van der Waals surface area contributed by atoms with E-state index < -0.39 is 0 Å². The Balaban J connectivity index is 2.32. The highest BCUT2D eigenvalue weighted by molar-refractivity contribution is 5.71. The Kier molecular flexibility index (Phi) is 2.84. The molecule has 2 rings (SSSR count). The number of rotatable bonds is 2. The number of aldehydes is 1. The predicted molar refractivity (Wildman–Crippen MR) is 68.1 cm³/mol. The molecule has 2 aromatic rings. The zero-order valence-electron chi connectivity index (χ0n) is 10.3. The first-order valence-electron chi connectivity index (χ1n) is 5.62. The number of aromatic nitrogens is 2. The highest BCUT2D eigenvalue weighted by Gasteiger charge is 2.13. The van der Waals surface area contributed by atoms with Gasteiger partial charge in [0.1, 0.15) is 0 Å². The van der Waals surface area contributed by atoms with Gasteiger partial charge in [0.15, 0.2) is 12.1 Å². The first-order chi connectivity index (χ1) is 8.00. The largest absolute Gasteiger partial charge is 0.336 e. The highest BCUT2D eigenvalue weighted by atomic mass is 16.1. The Morgan fingerprint density at radius 1 is 1.18 bits per heavy atom. The third-order valence-corrected chi connectivity index (χ3v) is 2.77. The molecule has 1 aromatic carbocycles. The van der Waals surface area contributed by atoms with Crippen LogP contribution in [0.5, 0.6) is 0 Å². The summed E-state index contributed by atoms with van der Waals surface area (Å²) in [5.74, 6) is 0.361. The van der Waals surface area contributed by atoms with E-state index in [-0.39, 0.29) is 5.41 Å². The fourth-order valence-corrected chi connectivity index (χ4v) is 1.69. The Morgan fingerprint density at radius 3 is 2.29 bits per heavy atom. The minimum absolute atomic E-state index is 0.153. The molecule has 17 heavy (non-hydrogen) atoms. The maximum absolute atomic E-state index is 10.5. The molecule has 0 saturated heterocycles. The maximum Gasteiger partial charge on any atom is 0.185 e. The average Bonchev–Trinajstić information content (AvgIpc) is 2.76. The summed E-state index contributed by atoms with van der Waals surface area (Å²) in [6.07, 6.45) is 2.39. The van der Waals surface area contributed by atoms with Gasteiger partial charge in [-0.3, -0.25) is 4.79 Å². The molecule has 0 bridgehead atoms. The average molecular weight is 228 g/mol. The van der Waals surface area contributed by atoms with E-state index in [9.17, 15) is 4.79 Å². The quantitative estimate of drug-likeness (QED) is 0.802. The van der Waals surface area contributed by atoms with Crippen molar-refractivity contribution in [2.24, 2.45) is 0 Å². The lowest BCUT2D eigenvalue weighted by molar-refractivity contribution is 0.111. The van der Waals surface area contributed by atoms with Gasteiger partial charge in [0, 0.05) is 0 Å². The van der Waals surface area contributed by atoms with E-state index in [2.05, 4.69) is 42.9 Å². The van der Waals surface area contributed by atoms with E-state index in [0.29, 0.717) is 12.1 Å². The van der Waals surface area contributed by atoms with Crippen LogP contribution in [-0.4, -0.2) is 16.3 Å². The number of carbonyl (C=O) groups excluding carboxylic acids is 1. The van der Waals surface area contributed by atoms with E-state index in [1.54, 1.807) is 6.20 Å². The topological polar surface area (TPSA) is 45.8 Å². The molecule has 1 aromatic heterocycles. The van der Waals surface area contributed by atoms with Crippen LogP contribution < -0.4 is 0 Å². The van der Waals surface area contributed by atoms with Crippen molar-refractivity contribution >= 4 is 6.29 Å². The summed E-state index contributed by atoms with van der Waals surface area (Å²) in [5.41, 5.74) is 3.35. The van der Waals surface area contributed by atoms with Crippen LogP contribution in [0.2, 0.25) is 0 Å². The number of benzene rings is 1. The van der Waals surface area contributed by atoms with E-state index in [1.807, 2.05) is 12.1 Å². The fraction of sp³-hybridized carbons (Fsp3) is 0.286. The Labute approximate surface area is 101 Å². The van der Waals surface area contributed by atoms with Gasteiger partial charge >= 0.3 is 0 Å². The number of hydrogen-bond acceptors (Lipinski definition) is 2. The third kappa shape index (κ3) is 2.44. The number of imidazole rings is 1. The number of carbonyl (C=O) groups is 1. The summed E-state index contributed by atoms with van der Waals surface area (Å²) in [5, 5.41) is 0. The molecule has 0 radical (unpaired) electrons. The molecule has 0 atom stereocenters. The third-order valence-electron chi connectivity index (χ3n) is 2.77. The monoisotopic (exact) mass is 228 g/mol. The second-order valence-corrected chi connectivity index (χ2v) is 5.13. The molecule has 3 nitrogen and oxygen atoms in total. The molecule has 0 unspecified atom stereocenters. The van der Waals surface area contributed by atoms with Crippen molar-refractivity contribution in [1.82, 2.24) is 9.97 Å². The van der Waals surface area contributed by atoms with Crippen molar-refractivity contribution in [2.45, 2.75) is 26.2 Å². The SMILES string of the molecule is CC(C)(C)c1ccc(-c2cnc(C=O)[nH]2)cc1. The Morgan fingerprint density at radius 2 is 1.82 bits per heavy atom. The van der Waals surface area contributed by atoms with Gasteiger partial charge in [0.2, 0.25) is 0 Å². The van der Waals surface area contributed by atoms with Crippen LogP contribution in [0.25, 0.3) is 11.3 Å². The predicted octanol–water partition coefficient (Wildman–Crippen LogP) is 3.19. The van der Waals surface area contributed by atoms with Crippen molar-refractivity contribution in [2.75, 3.05) is 0 Å².